The van der Waals surface area contributed by atoms with E-state index in [2.05, 4.69) is 12.2 Å². The predicted octanol–water partition coefficient (Wildman–Crippen LogP) is 2.51. The average molecular weight is 263 g/mol. The van der Waals surface area contributed by atoms with Crippen LogP contribution >= 0.6 is 0 Å². The number of nitrogens with one attached hydrogen (secondary N) is 1. The minimum absolute atomic E-state index is 0.340. The normalized spacial score (nSPS) is 18.1. The molecule has 1 aromatic rings. The lowest BCUT2D eigenvalue weighted by Crippen LogP contribution is -2.36. The quantitative estimate of drug-likeness (QED) is 0.757. The number of aliphatic hydroxyl groups excluding tert-OH is 1. The molecule has 0 aliphatic heterocycles. The molecule has 0 amide bonds. The highest BCUT2D eigenvalue weighted by Gasteiger charge is 2.23. The van der Waals surface area contributed by atoms with Gasteiger partial charge in [0.2, 0.25) is 0 Å². The fraction of sp³-hybridized carbons (Fsp3) is 0.625. The minimum Gasteiger partial charge on any atom is -0.491 e. The van der Waals surface area contributed by atoms with Crippen LogP contribution in [0, 0.1) is 12.8 Å². The highest BCUT2D eigenvalue weighted by atomic mass is 16.5. The monoisotopic (exact) mass is 263 g/mol. The Hall–Kier alpha value is -1.06. The summed E-state index contributed by atoms with van der Waals surface area (Å²) in [7, 11) is 0. The first-order valence-electron chi connectivity index (χ1n) is 7.24. The maximum Gasteiger partial charge on any atom is 0.119 e. The topological polar surface area (TPSA) is 41.5 Å². The summed E-state index contributed by atoms with van der Waals surface area (Å²) in [5.41, 5.74) is 1.17. The summed E-state index contributed by atoms with van der Waals surface area (Å²) in [4.78, 5) is 0. The Morgan fingerprint density at radius 3 is 2.89 bits per heavy atom. The van der Waals surface area contributed by atoms with Crippen LogP contribution in [0.25, 0.3) is 0 Å². The lowest BCUT2D eigenvalue weighted by molar-refractivity contribution is 0.103. The van der Waals surface area contributed by atoms with Crippen LogP contribution in [0.4, 0.5) is 0 Å². The van der Waals surface area contributed by atoms with Gasteiger partial charge in [-0.2, -0.15) is 0 Å². The molecule has 3 nitrogen and oxygen atoms in total. The second-order valence-corrected chi connectivity index (χ2v) is 5.77. The Bertz CT molecular complexity index is 390. The Morgan fingerprint density at radius 2 is 2.21 bits per heavy atom. The molecular weight excluding hydrogens is 238 g/mol. The van der Waals surface area contributed by atoms with Gasteiger partial charge in [0.15, 0.2) is 0 Å². The smallest absolute Gasteiger partial charge is 0.119 e. The van der Waals surface area contributed by atoms with Crippen molar-refractivity contribution in [2.45, 2.75) is 45.3 Å². The molecule has 1 aliphatic carbocycles. The van der Waals surface area contributed by atoms with Crippen molar-refractivity contribution >= 4 is 0 Å². The largest absolute Gasteiger partial charge is 0.491 e. The van der Waals surface area contributed by atoms with Crippen molar-refractivity contribution in [1.29, 1.82) is 0 Å². The summed E-state index contributed by atoms with van der Waals surface area (Å²) in [5, 5.41) is 13.3. The molecule has 2 unspecified atom stereocenters. The molecule has 1 fully saturated rings. The third-order valence-corrected chi connectivity index (χ3v) is 3.52. The van der Waals surface area contributed by atoms with E-state index in [-0.39, 0.29) is 0 Å². The molecule has 0 saturated heterocycles. The van der Waals surface area contributed by atoms with Crippen LogP contribution in [-0.4, -0.2) is 30.4 Å². The van der Waals surface area contributed by atoms with Gasteiger partial charge in [0.05, 0.1) is 0 Å². The summed E-state index contributed by atoms with van der Waals surface area (Å²) in [6, 6.07) is 8.39. The number of hydrogen-bond acceptors (Lipinski definition) is 3. The molecule has 1 saturated carbocycles. The van der Waals surface area contributed by atoms with Gasteiger partial charge in [0.25, 0.3) is 0 Å². The SMILES string of the molecule is Cc1cccc(OCC(O)CNC(C)CC2CC2)c1. The fourth-order valence-electron chi connectivity index (χ4n) is 2.23. The first-order valence-corrected chi connectivity index (χ1v) is 7.24. The number of hydrogen-bond donors (Lipinski definition) is 2. The first-order chi connectivity index (χ1) is 9.13. The number of benzene rings is 1. The molecule has 1 aromatic carbocycles. The van der Waals surface area contributed by atoms with E-state index < -0.39 is 6.10 Å². The zero-order valence-corrected chi connectivity index (χ0v) is 11.9. The van der Waals surface area contributed by atoms with Gasteiger partial charge in [-0.25, -0.2) is 0 Å². The third kappa shape index (κ3) is 5.62. The second kappa shape index (κ2) is 6.92. The summed E-state index contributed by atoms with van der Waals surface area (Å²) >= 11 is 0. The summed E-state index contributed by atoms with van der Waals surface area (Å²) in [6.45, 7) is 5.16. The molecule has 2 atom stereocenters. The molecule has 3 heteroatoms. The molecule has 2 N–H and O–H groups in total. The van der Waals surface area contributed by atoms with Gasteiger partial charge in [-0.05, 0) is 43.9 Å². The van der Waals surface area contributed by atoms with Crippen LogP contribution in [0.3, 0.4) is 0 Å². The van der Waals surface area contributed by atoms with Crippen molar-refractivity contribution in [3.63, 3.8) is 0 Å². The lowest BCUT2D eigenvalue weighted by Gasteiger charge is -2.17. The highest BCUT2D eigenvalue weighted by molar-refractivity contribution is 5.27. The molecule has 0 aromatic heterocycles. The van der Waals surface area contributed by atoms with Gasteiger partial charge >= 0.3 is 0 Å². The summed E-state index contributed by atoms with van der Waals surface area (Å²) in [6.07, 6.45) is 3.53. The summed E-state index contributed by atoms with van der Waals surface area (Å²) in [5.74, 6) is 1.74. The van der Waals surface area contributed by atoms with Gasteiger partial charge in [0.1, 0.15) is 18.5 Å². The van der Waals surface area contributed by atoms with E-state index in [0.29, 0.717) is 19.2 Å². The third-order valence-electron chi connectivity index (χ3n) is 3.52. The molecule has 1 aliphatic rings. The van der Waals surface area contributed by atoms with Crippen LogP contribution < -0.4 is 10.1 Å². The van der Waals surface area contributed by atoms with Crippen molar-refractivity contribution in [1.82, 2.24) is 5.32 Å². The zero-order chi connectivity index (χ0) is 13.7. The van der Waals surface area contributed by atoms with Gasteiger partial charge in [-0.15, -0.1) is 0 Å². The van der Waals surface area contributed by atoms with E-state index >= 15 is 0 Å². The molecular formula is C16H25NO2. The second-order valence-electron chi connectivity index (χ2n) is 5.77. The number of ether oxygens (including phenoxy) is 1. The van der Waals surface area contributed by atoms with Crippen LogP contribution in [-0.2, 0) is 0 Å². The van der Waals surface area contributed by atoms with Gasteiger partial charge < -0.3 is 15.2 Å². The van der Waals surface area contributed by atoms with Crippen molar-refractivity contribution in [3.8, 4) is 5.75 Å². The van der Waals surface area contributed by atoms with Crippen molar-refractivity contribution in [3.05, 3.63) is 29.8 Å². The van der Waals surface area contributed by atoms with Gasteiger partial charge in [0, 0.05) is 12.6 Å². The van der Waals surface area contributed by atoms with Gasteiger partial charge in [-0.3, -0.25) is 0 Å². The fourth-order valence-corrected chi connectivity index (χ4v) is 2.23. The number of rotatable bonds is 8. The van der Waals surface area contributed by atoms with E-state index in [9.17, 15) is 5.11 Å². The van der Waals surface area contributed by atoms with E-state index in [1.807, 2.05) is 31.2 Å². The van der Waals surface area contributed by atoms with Crippen molar-refractivity contribution in [2.75, 3.05) is 13.2 Å². The number of aryl methyl sites for hydroxylation is 1. The first kappa shape index (κ1) is 14.4. The average Bonchev–Trinajstić information content (AvgIpc) is 3.18. The highest BCUT2D eigenvalue weighted by Crippen LogP contribution is 2.33. The minimum atomic E-state index is -0.456. The van der Waals surface area contributed by atoms with Crippen molar-refractivity contribution in [2.24, 2.45) is 5.92 Å². The van der Waals surface area contributed by atoms with Crippen LogP contribution in [0.15, 0.2) is 24.3 Å². The van der Waals surface area contributed by atoms with E-state index in [0.717, 1.165) is 11.7 Å². The maximum absolute atomic E-state index is 9.89. The van der Waals surface area contributed by atoms with Crippen LogP contribution in [0.2, 0.25) is 0 Å². The number of aliphatic hydroxyl groups is 1. The van der Waals surface area contributed by atoms with Crippen molar-refractivity contribution < 1.29 is 9.84 Å². The van der Waals surface area contributed by atoms with Crippen LogP contribution in [0.1, 0.15) is 31.7 Å². The molecule has 106 valence electrons. The maximum atomic E-state index is 9.89. The predicted molar refractivity (Wildman–Crippen MR) is 77.5 cm³/mol. The molecule has 0 heterocycles. The Labute approximate surface area is 116 Å². The standard InChI is InChI=1S/C16H25NO2/c1-12-4-3-5-16(8-12)19-11-15(18)10-17-13(2)9-14-6-7-14/h3-5,8,13-15,17-18H,6-7,9-11H2,1-2H3. The van der Waals surface area contributed by atoms with Crippen LogP contribution in [0.5, 0.6) is 5.75 Å². The Kier molecular flexibility index (Phi) is 5.23. The Balaban J connectivity index is 1.62. The molecule has 0 spiro atoms. The molecule has 19 heavy (non-hydrogen) atoms. The lowest BCUT2D eigenvalue weighted by atomic mass is 10.1. The Morgan fingerprint density at radius 1 is 1.42 bits per heavy atom. The molecule has 0 radical (unpaired) electrons. The zero-order valence-electron chi connectivity index (χ0n) is 11.9. The molecule has 2 rings (SSSR count). The summed E-state index contributed by atoms with van der Waals surface area (Å²) < 4.78 is 5.58. The van der Waals surface area contributed by atoms with E-state index in [1.165, 1.54) is 24.8 Å². The van der Waals surface area contributed by atoms with Gasteiger partial charge in [-0.1, -0.05) is 25.0 Å². The molecule has 0 bridgehead atoms. The van der Waals surface area contributed by atoms with E-state index in [1.54, 1.807) is 0 Å². The van der Waals surface area contributed by atoms with E-state index in [4.69, 9.17) is 4.74 Å².